The van der Waals surface area contributed by atoms with E-state index in [1.807, 2.05) is 13.8 Å². The van der Waals surface area contributed by atoms with Crippen molar-refractivity contribution in [2.45, 2.75) is 52.0 Å². The molecule has 2 heterocycles. The topological polar surface area (TPSA) is 29.0 Å². The minimum Gasteiger partial charge on any atom is -0.351 e. The zero-order valence-corrected chi connectivity index (χ0v) is 11.9. The highest BCUT2D eigenvalue weighted by atomic mass is 35.5. The van der Waals surface area contributed by atoms with E-state index in [0.29, 0.717) is 11.2 Å². The first kappa shape index (κ1) is 12.2. The number of hydrogen-bond donors (Lipinski definition) is 0. The summed E-state index contributed by atoms with van der Waals surface area (Å²) in [6.07, 6.45) is 6.68. The van der Waals surface area contributed by atoms with E-state index in [-0.39, 0.29) is 0 Å². The van der Waals surface area contributed by atoms with Crippen molar-refractivity contribution in [1.29, 1.82) is 0 Å². The van der Waals surface area contributed by atoms with Crippen LogP contribution in [0, 0.1) is 19.8 Å². The number of hydrogen-bond acceptors (Lipinski definition) is 3. The van der Waals surface area contributed by atoms with E-state index < -0.39 is 0 Å². The van der Waals surface area contributed by atoms with Gasteiger partial charge in [-0.1, -0.05) is 24.4 Å². The molecule has 4 heteroatoms. The molecule has 0 amide bonds. The third kappa shape index (κ3) is 1.99. The fourth-order valence-electron chi connectivity index (χ4n) is 3.42. The molecule has 0 aromatic carbocycles. The molecule has 1 saturated heterocycles. The number of anilines is 1. The van der Waals surface area contributed by atoms with Crippen molar-refractivity contribution >= 4 is 17.4 Å². The maximum absolute atomic E-state index is 6.30. The molecule has 3 rings (SSSR count). The molecule has 2 unspecified atom stereocenters. The van der Waals surface area contributed by atoms with Crippen molar-refractivity contribution in [2.24, 2.45) is 5.92 Å². The number of halogens is 1. The Morgan fingerprint density at radius 1 is 1.06 bits per heavy atom. The monoisotopic (exact) mass is 265 g/mol. The number of fused-ring (bicyclic) bond motifs is 1. The SMILES string of the molecule is Cc1nc(Cl)c(N2CCC3CCCCC32)nc1C. The zero-order valence-electron chi connectivity index (χ0n) is 11.1. The maximum Gasteiger partial charge on any atom is 0.171 e. The standard InChI is InChI=1S/C14H20ClN3/c1-9-10(2)17-14(13(15)16-9)18-8-7-11-5-3-4-6-12(11)18/h11-12H,3-8H2,1-2H3. The highest BCUT2D eigenvalue weighted by molar-refractivity contribution is 6.31. The highest BCUT2D eigenvalue weighted by Crippen LogP contribution is 2.39. The molecule has 1 aromatic heterocycles. The number of aromatic nitrogens is 2. The van der Waals surface area contributed by atoms with Gasteiger partial charge in [-0.25, -0.2) is 9.97 Å². The third-order valence-corrected chi connectivity index (χ3v) is 4.78. The number of nitrogens with zero attached hydrogens (tertiary/aromatic N) is 3. The van der Waals surface area contributed by atoms with Crippen LogP contribution >= 0.6 is 11.6 Å². The third-order valence-electron chi connectivity index (χ3n) is 4.53. The Morgan fingerprint density at radius 2 is 1.78 bits per heavy atom. The van der Waals surface area contributed by atoms with E-state index in [2.05, 4.69) is 14.9 Å². The first-order valence-corrected chi connectivity index (χ1v) is 7.32. The Labute approximate surface area is 114 Å². The summed E-state index contributed by atoms with van der Waals surface area (Å²) in [6.45, 7) is 5.06. The minimum absolute atomic E-state index is 0.573. The Morgan fingerprint density at radius 3 is 2.61 bits per heavy atom. The second-order valence-corrected chi connectivity index (χ2v) is 5.96. The largest absolute Gasteiger partial charge is 0.351 e. The molecule has 0 bridgehead atoms. The summed E-state index contributed by atoms with van der Waals surface area (Å²) >= 11 is 6.30. The summed E-state index contributed by atoms with van der Waals surface area (Å²) in [6, 6.07) is 0.646. The Hall–Kier alpha value is -0.830. The van der Waals surface area contributed by atoms with Gasteiger partial charge in [0.2, 0.25) is 0 Å². The van der Waals surface area contributed by atoms with E-state index in [1.165, 1.54) is 32.1 Å². The van der Waals surface area contributed by atoms with Gasteiger partial charge >= 0.3 is 0 Å². The molecule has 0 spiro atoms. The van der Waals surface area contributed by atoms with Crippen molar-refractivity contribution in [3.8, 4) is 0 Å². The van der Waals surface area contributed by atoms with E-state index in [0.717, 1.165) is 29.7 Å². The van der Waals surface area contributed by atoms with Gasteiger partial charge in [0.15, 0.2) is 11.0 Å². The Balaban J connectivity index is 1.93. The fraction of sp³-hybridized carbons (Fsp3) is 0.714. The number of rotatable bonds is 1. The summed E-state index contributed by atoms with van der Waals surface area (Å²) in [5, 5.41) is 0.573. The van der Waals surface area contributed by atoms with Crippen LogP contribution in [0.1, 0.15) is 43.5 Å². The first-order chi connectivity index (χ1) is 8.66. The summed E-state index contributed by atoms with van der Waals surface area (Å²) in [7, 11) is 0. The van der Waals surface area contributed by atoms with Gasteiger partial charge < -0.3 is 4.90 Å². The Kier molecular flexibility index (Phi) is 3.18. The van der Waals surface area contributed by atoms with E-state index in [1.54, 1.807) is 0 Å². The van der Waals surface area contributed by atoms with Gasteiger partial charge in [0, 0.05) is 12.6 Å². The molecule has 98 valence electrons. The van der Waals surface area contributed by atoms with E-state index >= 15 is 0 Å². The summed E-state index contributed by atoms with van der Waals surface area (Å²) in [5.41, 5.74) is 1.93. The van der Waals surface area contributed by atoms with Crippen LogP contribution in [0.2, 0.25) is 5.15 Å². The lowest BCUT2D eigenvalue weighted by Gasteiger charge is -2.32. The van der Waals surface area contributed by atoms with Gasteiger partial charge in [-0.15, -0.1) is 0 Å². The van der Waals surface area contributed by atoms with E-state index in [9.17, 15) is 0 Å². The van der Waals surface area contributed by atoms with Crippen molar-refractivity contribution < 1.29 is 0 Å². The lowest BCUT2D eigenvalue weighted by molar-refractivity contribution is 0.341. The van der Waals surface area contributed by atoms with Crippen LogP contribution < -0.4 is 4.90 Å². The van der Waals surface area contributed by atoms with Crippen LogP contribution in [0.4, 0.5) is 5.82 Å². The average molecular weight is 266 g/mol. The molecule has 3 nitrogen and oxygen atoms in total. The molecule has 2 fully saturated rings. The highest BCUT2D eigenvalue weighted by Gasteiger charge is 2.37. The first-order valence-electron chi connectivity index (χ1n) is 6.94. The lowest BCUT2D eigenvalue weighted by atomic mass is 9.85. The van der Waals surface area contributed by atoms with Crippen LogP contribution in [0.3, 0.4) is 0 Å². The molecule has 0 N–H and O–H groups in total. The van der Waals surface area contributed by atoms with Gasteiger partial charge in [-0.05, 0) is 39.0 Å². The molecule has 2 atom stereocenters. The molecular weight excluding hydrogens is 246 g/mol. The molecule has 0 radical (unpaired) electrons. The van der Waals surface area contributed by atoms with Gasteiger partial charge in [0.05, 0.1) is 11.4 Å². The second kappa shape index (κ2) is 4.69. The van der Waals surface area contributed by atoms with Gasteiger partial charge in [-0.3, -0.25) is 0 Å². The maximum atomic E-state index is 6.30. The second-order valence-electron chi connectivity index (χ2n) is 5.60. The molecule has 1 aliphatic heterocycles. The molecule has 1 aromatic rings. The summed E-state index contributed by atoms with van der Waals surface area (Å²) in [4.78, 5) is 11.5. The van der Waals surface area contributed by atoms with Crippen LogP contribution in [-0.4, -0.2) is 22.6 Å². The average Bonchev–Trinajstić information content (AvgIpc) is 2.78. The predicted molar refractivity (Wildman–Crippen MR) is 74.2 cm³/mol. The summed E-state index contributed by atoms with van der Waals surface area (Å²) < 4.78 is 0. The zero-order chi connectivity index (χ0) is 12.7. The molecule has 18 heavy (non-hydrogen) atoms. The fourth-order valence-corrected chi connectivity index (χ4v) is 3.69. The quantitative estimate of drug-likeness (QED) is 0.778. The van der Waals surface area contributed by atoms with Gasteiger partial charge in [0.1, 0.15) is 0 Å². The van der Waals surface area contributed by atoms with Crippen LogP contribution in [0.5, 0.6) is 0 Å². The van der Waals surface area contributed by atoms with Gasteiger partial charge in [0.25, 0.3) is 0 Å². The molecule has 1 aliphatic carbocycles. The molecule has 2 aliphatic rings. The normalized spacial score (nSPS) is 27.4. The molecular formula is C14H20ClN3. The van der Waals surface area contributed by atoms with Crippen molar-refractivity contribution in [1.82, 2.24) is 9.97 Å². The van der Waals surface area contributed by atoms with Crippen molar-refractivity contribution in [3.05, 3.63) is 16.5 Å². The van der Waals surface area contributed by atoms with Crippen LogP contribution in [0.25, 0.3) is 0 Å². The van der Waals surface area contributed by atoms with Gasteiger partial charge in [-0.2, -0.15) is 0 Å². The van der Waals surface area contributed by atoms with Crippen molar-refractivity contribution in [3.63, 3.8) is 0 Å². The van der Waals surface area contributed by atoms with Crippen LogP contribution in [0.15, 0.2) is 0 Å². The van der Waals surface area contributed by atoms with Crippen LogP contribution in [-0.2, 0) is 0 Å². The van der Waals surface area contributed by atoms with Crippen molar-refractivity contribution in [2.75, 3.05) is 11.4 Å². The lowest BCUT2D eigenvalue weighted by Crippen LogP contribution is -2.35. The smallest absolute Gasteiger partial charge is 0.171 e. The predicted octanol–water partition coefficient (Wildman–Crippen LogP) is 3.52. The summed E-state index contributed by atoms with van der Waals surface area (Å²) in [5.74, 6) is 1.76. The Bertz CT molecular complexity index is 461. The van der Waals surface area contributed by atoms with E-state index in [4.69, 9.17) is 11.6 Å². The molecule has 1 saturated carbocycles. The minimum atomic E-state index is 0.573. The number of aryl methyl sites for hydroxylation is 2.